The van der Waals surface area contributed by atoms with Crippen molar-refractivity contribution in [2.24, 2.45) is 17.6 Å². The van der Waals surface area contributed by atoms with Gasteiger partial charge in [0.05, 0.1) is 5.92 Å². The lowest BCUT2D eigenvalue weighted by Crippen LogP contribution is -2.40. The van der Waals surface area contributed by atoms with Gasteiger partial charge in [0.2, 0.25) is 0 Å². The summed E-state index contributed by atoms with van der Waals surface area (Å²) in [6, 6.07) is 1.18. The summed E-state index contributed by atoms with van der Waals surface area (Å²) >= 11 is 5.41. The maximum atomic E-state index is 13.7. The smallest absolute Gasteiger partial charge is 0.324 e. The Hall–Kier alpha value is -0.880. The van der Waals surface area contributed by atoms with Crippen LogP contribution in [0.2, 0.25) is 5.02 Å². The van der Waals surface area contributed by atoms with E-state index in [1.807, 2.05) is 0 Å². The van der Waals surface area contributed by atoms with Crippen molar-refractivity contribution < 1.29 is 22.0 Å². The second kappa shape index (κ2) is 4.90. The zero-order valence-corrected chi connectivity index (χ0v) is 10.4. The molecule has 1 aliphatic rings. The van der Waals surface area contributed by atoms with E-state index in [-0.39, 0.29) is 18.4 Å². The molecule has 2 rings (SSSR count). The first-order chi connectivity index (χ1) is 8.71. The van der Waals surface area contributed by atoms with Gasteiger partial charge in [-0.15, -0.1) is 0 Å². The average Bonchev–Trinajstić information content (AvgIpc) is 2.21. The molecule has 1 atom stereocenters. The highest BCUT2D eigenvalue weighted by Crippen LogP contribution is 2.49. The predicted molar refractivity (Wildman–Crippen MR) is 60.6 cm³/mol. The van der Waals surface area contributed by atoms with Gasteiger partial charge < -0.3 is 5.73 Å². The van der Waals surface area contributed by atoms with Crippen LogP contribution in [0.25, 0.3) is 0 Å². The van der Waals surface area contributed by atoms with Gasteiger partial charge in [-0.1, -0.05) is 17.7 Å². The number of hydrogen-bond acceptors (Lipinski definition) is 1. The van der Waals surface area contributed by atoms with E-state index in [1.165, 1.54) is 0 Å². The molecule has 2 N–H and O–H groups in total. The van der Waals surface area contributed by atoms with Gasteiger partial charge in [0.25, 0.3) is 0 Å². The van der Waals surface area contributed by atoms with Crippen LogP contribution in [0.15, 0.2) is 12.1 Å². The summed E-state index contributed by atoms with van der Waals surface area (Å²) in [6.07, 6.45) is -4.52. The number of alkyl halides is 3. The zero-order chi connectivity index (χ0) is 14.4. The third-order valence-electron chi connectivity index (χ3n) is 3.57. The van der Waals surface area contributed by atoms with Crippen LogP contribution in [0, 0.1) is 23.5 Å². The standard InChI is InChI=1S/C12H11ClF5N/c13-9-8(14)2-1-7(10(9)15)11(19)5-3-6(4-5)12(16,17)18/h1-2,5-6,11H,3-4,19H2/t5-,6-,11-/m0/s1. The molecular weight excluding hydrogens is 289 g/mol. The molecule has 1 aromatic carbocycles. The first-order valence-corrected chi connectivity index (χ1v) is 6.05. The largest absolute Gasteiger partial charge is 0.391 e. The Bertz CT molecular complexity index is 482. The second-order valence-electron chi connectivity index (χ2n) is 4.76. The minimum absolute atomic E-state index is 0.0444. The Morgan fingerprint density at radius 2 is 1.79 bits per heavy atom. The first kappa shape index (κ1) is 14.5. The topological polar surface area (TPSA) is 26.0 Å². The van der Waals surface area contributed by atoms with Gasteiger partial charge in [-0.3, -0.25) is 0 Å². The molecule has 1 fully saturated rings. The summed E-state index contributed by atoms with van der Waals surface area (Å²) in [5.74, 6) is -3.77. The Kier molecular flexibility index (Phi) is 3.75. The maximum Gasteiger partial charge on any atom is 0.391 e. The van der Waals surface area contributed by atoms with Crippen molar-refractivity contribution in [3.05, 3.63) is 34.4 Å². The number of rotatable bonds is 2. The van der Waals surface area contributed by atoms with Crippen molar-refractivity contribution in [1.29, 1.82) is 0 Å². The highest BCUT2D eigenvalue weighted by molar-refractivity contribution is 6.30. The summed E-state index contributed by atoms with van der Waals surface area (Å²) in [4.78, 5) is 0. The molecule has 106 valence electrons. The van der Waals surface area contributed by atoms with Crippen LogP contribution in [0.1, 0.15) is 24.4 Å². The van der Waals surface area contributed by atoms with Crippen LogP contribution in [0.4, 0.5) is 22.0 Å². The lowest BCUT2D eigenvalue weighted by Gasteiger charge is -2.40. The Labute approximate surface area is 111 Å². The van der Waals surface area contributed by atoms with Gasteiger partial charge in [0.15, 0.2) is 0 Å². The molecule has 0 aromatic heterocycles. The zero-order valence-electron chi connectivity index (χ0n) is 9.65. The van der Waals surface area contributed by atoms with E-state index in [2.05, 4.69) is 0 Å². The Morgan fingerprint density at radius 1 is 1.21 bits per heavy atom. The van der Waals surface area contributed by atoms with E-state index in [4.69, 9.17) is 17.3 Å². The molecule has 0 heterocycles. The maximum absolute atomic E-state index is 13.7. The minimum Gasteiger partial charge on any atom is -0.324 e. The van der Waals surface area contributed by atoms with Crippen molar-refractivity contribution in [1.82, 2.24) is 0 Å². The summed E-state index contributed by atoms with van der Waals surface area (Å²) in [7, 11) is 0. The Morgan fingerprint density at radius 3 is 2.32 bits per heavy atom. The van der Waals surface area contributed by atoms with Crippen molar-refractivity contribution in [2.75, 3.05) is 0 Å². The van der Waals surface area contributed by atoms with Gasteiger partial charge in [-0.25, -0.2) is 8.78 Å². The van der Waals surface area contributed by atoms with Gasteiger partial charge >= 0.3 is 6.18 Å². The van der Waals surface area contributed by atoms with Crippen LogP contribution < -0.4 is 5.73 Å². The van der Waals surface area contributed by atoms with Gasteiger partial charge in [0.1, 0.15) is 16.7 Å². The highest BCUT2D eigenvalue weighted by Gasteiger charge is 2.49. The number of benzene rings is 1. The van der Waals surface area contributed by atoms with E-state index < -0.39 is 40.7 Å². The van der Waals surface area contributed by atoms with Crippen LogP contribution >= 0.6 is 11.6 Å². The van der Waals surface area contributed by atoms with E-state index >= 15 is 0 Å². The molecule has 0 radical (unpaired) electrons. The normalized spacial score (nSPS) is 25.0. The number of hydrogen-bond donors (Lipinski definition) is 1. The molecule has 0 saturated heterocycles. The van der Waals surface area contributed by atoms with Crippen LogP contribution in [0.5, 0.6) is 0 Å². The monoisotopic (exact) mass is 299 g/mol. The Balaban J connectivity index is 2.11. The van der Waals surface area contributed by atoms with E-state index in [0.717, 1.165) is 12.1 Å². The predicted octanol–water partition coefficient (Wildman–Crippen LogP) is 4.21. The fourth-order valence-corrected chi connectivity index (χ4v) is 2.45. The highest BCUT2D eigenvalue weighted by atomic mass is 35.5. The molecule has 0 spiro atoms. The molecule has 0 amide bonds. The lowest BCUT2D eigenvalue weighted by molar-refractivity contribution is -0.206. The summed E-state index contributed by atoms with van der Waals surface area (Å²) in [5, 5.41) is -0.681. The van der Waals surface area contributed by atoms with Crippen molar-refractivity contribution in [3.63, 3.8) is 0 Å². The molecule has 19 heavy (non-hydrogen) atoms. The van der Waals surface area contributed by atoms with Crippen molar-refractivity contribution in [3.8, 4) is 0 Å². The third-order valence-corrected chi connectivity index (χ3v) is 3.92. The van der Waals surface area contributed by atoms with Crippen molar-refractivity contribution in [2.45, 2.75) is 25.1 Å². The molecule has 1 aromatic rings. The molecule has 1 nitrogen and oxygen atoms in total. The number of halogens is 6. The fourth-order valence-electron chi connectivity index (χ4n) is 2.27. The number of nitrogens with two attached hydrogens (primary N) is 1. The van der Waals surface area contributed by atoms with Crippen LogP contribution in [-0.2, 0) is 0 Å². The molecular formula is C12H11ClF5N. The lowest BCUT2D eigenvalue weighted by atomic mass is 9.69. The molecule has 0 bridgehead atoms. The van der Waals surface area contributed by atoms with Gasteiger partial charge in [0, 0.05) is 11.6 Å². The first-order valence-electron chi connectivity index (χ1n) is 5.67. The van der Waals surface area contributed by atoms with Crippen molar-refractivity contribution >= 4 is 11.6 Å². The van der Waals surface area contributed by atoms with Gasteiger partial charge in [-0.2, -0.15) is 13.2 Å². The quantitative estimate of drug-likeness (QED) is 0.642. The van der Waals surface area contributed by atoms with Crippen LogP contribution in [0.3, 0.4) is 0 Å². The molecule has 1 saturated carbocycles. The summed E-state index contributed by atoms with van der Waals surface area (Å²) < 4.78 is 63.7. The minimum atomic E-state index is -4.24. The molecule has 1 aliphatic carbocycles. The van der Waals surface area contributed by atoms with Gasteiger partial charge in [-0.05, 0) is 24.8 Å². The fraction of sp³-hybridized carbons (Fsp3) is 0.500. The van der Waals surface area contributed by atoms with E-state index in [9.17, 15) is 22.0 Å². The molecule has 0 aliphatic heterocycles. The van der Waals surface area contributed by atoms with Crippen LogP contribution in [-0.4, -0.2) is 6.18 Å². The summed E-state index contributed by atoms with van der Waals surface area (Å²) in [6.45, 7) is 0. The van der Waals surface area contributed by atoms with E-state index in [0.29, 0.717) is 0 Å². The SMILES string of the molecule is N[C@H](c1ccc(F)c(Cl)c1F)[C@H]1C[C@H](C(F)(F)F)C1. The second-order valence-corrected chi connectivity index (χ2v) is 5.14. The average molecular weight is 300 g/mol. The summed E-state index contributed by atoms with van der Waals surface area (Å²) in [5.41, 5.74) is 5.69. The molecule has 0 unspecified atom stereocenters. The third kappa shape index (κ3) is 2.69. The molecule has 7 heteroatoms. The van der Waals surface area contributed by atoms with E-state index in [1.54, 1.807) is 0 Å².